The summed E-state index contributed by atoms with van der Waals surface area (Å²) in [5.41, 5.74) is 0. The molecule has 8 heteroatoms. The molecule has 0 spiro atoms. The standard InChI is InChI=1S/Mg.H2O4S.H2O.Zn.2H/c;1-5(2,3)4;;;;/h;(H2,1,2,3,4);1H2;;;/q+2;;;;2*-1. The molecule has 0 aliphatic heterocycles. The molecule has 8 heavy (non-hydrogen) atoms. The van der Waals surface area contributed by atoms with Gasteiger partial charge in [0.25, 0.3) is 0 Å². The zero-order valence-electron chi connectivity index (χ0n) is 6.03. The fourth-order valence-corrected chi connectivity index (χ4v) is 0. The first-order valence-corrected chi connectivity index (χ1v) is 2.10. The van der Waals surface area contributed by atoms with E-state index < -0.39 is 10.4 Å². The predicted molar refractivity (Wildman–Crippen MR) is 25.8 cm³/mol. The van der Waals surface area contributed by atoms with Gasteiger partial charge in [-0.15, -0.1) is 0 Å². The number of rotatable bonds is 0. The van der Waals surface area contributed by atoms with Gasteiger partial charge in [-0.25, -0.2) is 0 Å². The molecule has 0 amide bonds. The summed E-state index contributed by atoms with van der Waals surface area (Å²) in [7, 11) is -4.67. The fraction of sp³-hybridized carbons (Fsp3) is 0. The molecule has 0 saturated carbocycles. The van der Waals surface area contributed by atoms with E-state index in [1.54, 1.807) is 0 Å². The van der Waals surface area contributed by atoms with Crippen LogP contribution in [0.3, 0.4) is 0 Å². The third-order valence-electron chi connectivity index (χ3n) is 0. The van der Waals surface area contributed by atoms with Crippen LogP contribution in [0.25, 0.3) is 0 Å². The van der Waals surface area contributed by atoms with Gasteiger partial charge in [0, 0.05) is 19.5 Å². The first kappa shape index (κ1) is 22.9. The van der Waals surface area contributed by atoms with E-state index in [1.807, 2.05) is 0 Å². The van der Waals surface area contributed by atoms with Crippen molar-refractivity contribution < 1.29 is 45.3 Å². The zero-order valence-corrected chi connectivity index (χ0v) is 9.23. The van der Waals surface area contributed by atoms with Crippen LogP contribution in [0.1, 0.15) is 2.85 Å². The molecular formula is H6MgO5SZn. The van der Waals surface area contributed by atoms with Crippen LogP contribution in [0.4, 0.5) is 0 Å². The van der Waals surface area contributed by atoms with E-state index in [-0.39, 0.29) is 50.9 Å². The molecule has 0 rings (SSSR count). The van der Waals surface area contributed by atoms with Gasteiger partial charge >= 0.3 is 33.5 Å². The van der Waals surface area contributed by atoms with Crippen molar-refractivity contribution in [1.29, 1.82) is 0 Å². The van der Waals surface area contributed by atoms with Crippen LogP contribution in [0.5, 0.6) is 0 Å². The molecule has 0 unspecified atom stereocenters. The minimum absolute atomic E-state index is 0. The van der Waals surface area contributed by atoms with E-state index in [0.717, 1.165) is 0 Å². The number of hydrogen-bond acceptors (Lipinski definition) is 2. The Morgan fingerprint density at radius 3 is 1.25 bits per heavy atom. The van der Waals surface area contributed by atoms with Gasteiger partial charge in [-0.05, 0) is 0 Å². The Hall–Kier alpha value is 1.22. The van der Waals surface area contributed by atoms with Gasteiger partial charge in [-0.1, -0.05) is 0 Å². The Bertz CT molecular complexity index is 103. The van der Waals surface area contributed by atoms with E-state index in [2.05, 4.69) is 0 Å². The van der Waals surface area contributed by atoms with Crippen molar-refractivity contribution in [3.63, 3.8) is 0 Å². The Morgan fingerprint density at radius 1 is 1.25 bits per heavy atom. The fourth-order valence-electron chi connectivity index (χ4n) is 0. The zero-order chi connectivity index (χ0) is 4.50. The van der Waals surface area contributed by atoms with E-state index in [0.29, 0.717) is 0 Å². The maximum atomic E-state index is 8.74. The summed E-state index contributed by atoms with van der Waals surface area (Å²) in [6.07, 6.45) is 0. The first-order valence-electron chi connectivity index (χ1n) is 0.698. The van der Waals surface area contributed by atoms with Crippen LogP contribution < -0.4 is 0 Å². The molecule has 0 aromatic carbocycles. The van der Waals surface area contributed by atoms with Gasteiger partial charge < -0.3 is 8.33 Å². The van der Waals surface area contributed by atoms with Crippen LogP contribution in [-0.4, -0.2) is 46.1 Å². The number of hydrogen-bond donors (Lipinski definition) is 2. The van der Waals surface area contributed by atoms with E-state index in [1.165, 1.54) is 0 Å². The molecule has 46 valence electrons. The Morgan fingerprint density at radius 2 is 1.25 bits per heavy atom. The largest absolute Gasteiger partial charge is 2.00 e. The summed E-state index contributed by atoms with van der Waals surface area (Å²) >= 11 is 0. The predicted octanol–water partition coefficient (Wildman–Crippen LogP) is -1.64. The van der Waals surface area contributed by atoms with E-state index in [4.69, 9.17) is 17.5 Å². The second-order valence-electron chi connectivity index (χ2n) is 0.448. The van der Waals surface area contributed by atoms with Gasteiger partial charge in [-0.3, -0.25) is 9.11 Å². The Balaban J connectivity index is -0.00000000800. The molecular weight excluding hydrogens is 202 g/mol. The van der Waals surface area contributed by atoms with Crippen molar-refractivity contribution in [3.05, 3.63) is 0 Å². The smallest absolute Gasteiger partial charge is 1.00 e. The minimum atomic E-state index is -4.67. The molecule has 0 saturated heterocycles. The Kier molecular flexibility index (Phi) is 23.5. The normalized spacial score (nSPS) is 7.25. The van der Waals surface area contributed by atoms with Crippen molar-refractivity contribution in [2.24, 2.45) is 0 Å². The van der Waals surface area contributed by atoms with Crippen molar-refractivity contribution >= 4 is 33.5 Å². The summed E-state index contributed by atoms with van der Waals surface area (Å²) in [5.74, 6) is 0. The van der Waals surface area contributed by atoms with Crippen LogP contribution in [-0.2, 0) is 29.9 Å². The van der Waals surface area contributed by atoms with Crippen molar-refractivity contribution in [3.8, 4) is 0 Å². The summed E-state index contributed by atoms with van der Waals surface area (Å²) in [6.45, 7) is 0. The molecule has 0 radical (unpaired) electrons. The monoisotopic (exact) mass is 206 g/mol. The Labute approximate surface area is 78.6 Å². The summed E-state index contributed by atoms with van der Waals surface area (Å²) < 4.78 is 31.6. The van der Waals surface area contributed by atoms with Crippen molar-refractivity contribution in [2.75, 3.05) is 0 Å². The SMILES string of the molecule is O.O=S(=O)(O)O.[H-].[H-].[Mg+2].[Zn]. The summed E-state index contributed by atoms with van der Waals surface area (Å²) in [6, 6.07) is 0. The molecule has 5 nitrogen and oxygen atoms in total. The van der Waals surface area contributed by atoms with Gasteiger partial charge in [0.15, 0.2) is 0 Å². The molecule has 0 aromatic heterocycles. The maximum Gasteiger partial charge on any atom is 2.00 e. The molecule has 0 heterocycles. The van der Waals surface area contributed by atoms with Crippen LogP contribution in [0, 0.1) is 0 Å². The van der Waals surface area contributed by atoms with Gasteiger partial charge in [0.2, 0.25) is 0 Å². The van der Waals surface area contributed by atoms with Gasteiger partial charge in [0.1, 0.15) is 0 Å². The quantitative estimate of drug-likeness (QED) is 0.367. The van der Waals surface area contributed by atoms with Crippen molar-refractivity contribution in [2.45, 2.75) is 0 Å². The third kappa shape index (κ3) is 188. The molecule has 0 aliphatic carbocycles. The molecule has 0 bridgehead atoms. The topological polar surface area (TPSA) is 106 Å². The summed E-state index contributed by atoms with van der Waals surface area (Å²) in [5, 5.41) is 0. The maximum absolute atomic E-state index is 8.74. The van der Waals surface area contributed by atoms with Crippen molar-refractivity contribution in [1.82, 2.24) is 0 Å². The average molecular weight is 208 g/mol. The summed E-state index contributed by atoms with van der Waals surface area (Å²) in [4.78, 5) is 0. The van der Waals surface area contributed by atoms with Gasteiger partial charge in [-0.2, -0.15) is 8.42 Å². The van der Waals surface area contributed by atoms with Crippen LogP contribution >= 0.6 is 0 Å². The second-order valence-corrected chi connectivity index (χ2v) is 1.34. The van der Waals surface area contributed by atoms with E-state index >= 15 is 0 Å². The third-order valence-corrected chi connectivity index (χ3v) is 0. The van der Waals surface area contributed by atoms with E-state index in [9.17, 15) is 0 Å². The first-order chi connectivity index (χ1) is 2.00. The van der Waals surface area contributed by atoms with Gasteiger partial charge in [0.05, 0.1) is 0 Å². The molecule has 4 N–H and O–H groups in total. The van der Waals surface area contributed by atoms with Crippen LogP contribution in [0.15, 0.2) is 0 Å². The molecule has 0 atom stereocenters. The molecule has 0 aliphatic rings. The average Bonchev–Trinajstić information content (AvgIpc) is 0.722. The molecule has 0 fully saturated rings. The second kappa shape index (κ2) is 8.22. The minimum Gasteiger partial charge on any atom is -1.00 e. The van der Waals surface area contributed by atoms with Crippen LogP contribution in [0.2, 0.25) is 0 Å². The molecule has 0 aromatic rings.